The Labute approximate surface area is 172 Å². The Morgan fingerprint density at radius 2 is 2.10 bits per heavy atom. The van der Waals surface area contributed by atoms with Gasteiger partial charge in [-0.2, -0.15) is 13.2 Å². The lowest BCUT2D eigenvalue weighted by atomic mass is 9.75. The molecule has 0 aromatic carbocycles. The molecule has 0 saturated carbocycles. The first kappa shape index (κ1) is 21.5. The minimum absolute atomic E-state index is 0.0110. The highest BCUT2D eigenvalue weighted by molar-refractivity contribution is 6.31. The molecule has 0 unspecified atom stereocenters. The van der Waals surface area contributed by atoms with Crippen LogP contribution in [0.2, 0.25) is 5.15 Å². The van der Waals surface area contributed by atoms with E-state index in [-0.39, 0.29) is 23.7 Å². The highest BCUT2D eigenvalue weighted by Gasteiger charge is 2.33. The van der Waals surface area contributed by atoms with E-state index in [9.17, 15) is 18.0 Å². The third-order valence-corrected chi connectivity index (χ3v) is 5.59. The van der Waals surface area contributed by atoms with E-state index in [4.69, 9.17) is 16.3 Å². The standard InChI is InChI=1S/C20H23ClF3N3O2/c1-19(2)7-6-13-14(9-19)16(21)27(3)15(13)17(28)26-10-12-5-4-8-25-18(12)29-11-20(22,23)24/h4-5,8H,6-7,9-11H2,1-3H3,(H,26,28). The number of ether oxygens (including phenoxy) is 1. The Kier molecular flexibility index (Phi) is 5.85. The van der Waals surface area contributed by atoms with Crippen LogP contribution in [-0.4, -0.2) is 28.2 Å². The molecule has 0 radical (unpaired) electrons. The van der Waals surface area contributed by atoms with Gasteiger partial charge in [0.15, 0.2) is 6.61 Å². The molecular formula is C20H23ClF3N3O2. The molecule has 5 nitrogen and oxygen atoms in total. The maximum atomic E-state index is 12.9. The number of halogens is 4. The average molecular weight is 430 g/mol. The molecule has 0 bridgehead atoms. The maximum Gasteiger partial charge on any atom is 0.422 e. The molecule has 9 heteroatoms. The van der Waals surface area contributed by atoms with Crippen LogP contribution >= 0.6 is 11.6 Å². The van der Waals surface area contributed by atoms with E-state index in [0.29, 0.717) is 16.4 Å². The fraction of sp³-hybridized carbons (Fsp3) is 0.500. The zero-order valence-corrected chi connectivity index (χ0v) is 17.2. The van der Waals surface area contributed by atoms with Crippen molar-refractivity contribution < 1.29 is 22.7 Å². The third kappa shape index (κ3) is 4.86. The van der Waals surface area contributed by atoms with Gasteiger partial charge in [-0.15, -0.1) is 0 Å². The van der Waals surface area contributed by atoms with Crippen LogP contribution in [-0.2, 0) is 26.4 Å². The van der Waals surface area contributed by atoms with Crippen molar-refractivity contribution in [3.8, 4) is 5.88 Å². The Morgan fingerprint density at radius 1 is 1.38 bits per heavy atom. The number of nitrogens with zero attached hydrogens (tertiary/aromatic N) is 2. The lowest BCUT2D eigenvalue weighted by Crippen LogP contribution is -2.28. The summed E-state index contributed by atoms with van der Waals surface area (Å²) in [5.41, 5.74) is 2.90. The zero-order valence-electron chi connectivity index (χ0n) is 16.5. The summed E-state index contributed by atoms with van der Waals surface area (Å²) in [5, 5.41) is 3.31. The lowest BCUT2D eigenvalue weighted by Gasteiger charge is -2.29. The summed E-state index contributed by atoms with van der Waals surface area (Å²) in [5.74, 6) is -0.486. The minimum Gasteiger partial charge on any atom is -0.468 e. The summed E-state index contributed by atoms with van der Waals surface area (Å²) in [6.07, 6.45) is -0.645. The summed E-state index contributed by atoms with van der Waals surface area (Å²) in [4.78, 5) is 16.7. The molecule has 0 aliphatic heterocycles. The molecule has 2 aromatic rings. The first-order valence-corrected chi connectivity index (χ1v) is 9.64. The average Bonchev–Trinajstić information content (AvgIpc) is 2.88. The lowest BCUT2D eigenvalue weighted by molar-refractivity contribution is -0.154. The molecule has 2 heterocycles. The molecule has 158 valence electrons. The van der Waals surface area contributed by atoms with Crippen LogP contribution in [0.5, 0.6) is 5.88 Å². The van der Waals surface area contributed by atoms with Crippen LogP contribution in [0.15, 0.2) is 18.3 Å². The summed E-state index contributed by atoms with van der Waals surface area (Å²) in [6, 6.07) is 3.14. The van der Waals surface area contributed by atoms with Crippen molar-refractivity contribution in [3.63, 3.8) is 0 Å². The second kappa shape index (κ2) is 7.89. The first-order valence-electron chi connectivity index (χ1n) is 9.26. The Morgan fingerprint density at radius 3 is 2.79 bits per heavy atom. The van der Waals surface area contributed by atoms with Crippen LogP contribution in [0.25, 0.3) is 0 Å². The van der Waals surface area contributed by atoms with Crippen molar-refractivity contribution in [2.24, 2.45) is 12.5 Å². The number of carbonyl (C=O) groups excluding carboxylic acids is 1. The fourth-order valence-corrected chi connectivity index (χ4v) is 3.90. The van der Waals surface area contributed by atoms with E-state index in [0.717, 1.165) is 30.4 Å². The van der Waals surface area contributed by atoms with Gasteiger partial charge >= 0.3 is 6.18 Å². The van der Waals surface area contributed by atoms with Gasteiger partial charge in [0, 0.05) is 25.4 Å². The van der Waals surface area contributed by atoms with Crippen LogP contribution < -0.4 is 10.1 Å². The number of alkyl halides is 3. The summed E-state index contributed by atoms with van der Waals surface area (Å²) < 4.78 is 43.7. The summed E-state index contributed by atoms with van der Waals surface area (Å²) >= 11 is 6.48. The second-order valence-corrected chi connectivity index (χ2v) is 8.41. The molecule has 0 atom stereocenters. The Hall–Kier alpha value is -2.22. The number of carbonyl (C=O) groups is 1. The molecule has 1 aliphatic carbocycles. The fourth-order valence-electron chi connectivity index (χ4n) is 3.64. The van der Waals surface area contributed by atoms with Crippen molar-refractivity contribution in [2.75, 3.05) is 6.61 Å². The van der Waals surface area contributed by atoms with Gasteiger partial charge < -0.3 is 14.6 Å². The van der Waals surface area contributed by atoms with Gasteiger partial charge in [0.25, 0.3) is 5.91 Å². The number of rotatable bonds is 5. The van der Waals surface area contributed by atoms with Crippen LogP contribution in [0.4, 0.5) is 13.2 Å². The van der Waals surface area contributed by atoms with Gasteiger partial charge in [0.05, 0.1) is 0 Å². The summed E-state index contributed by atoms with van der Waals surface area (Å²) in [6.45, 7) is 2.89. The SMILES string of the molecule is Cn1c(Cl)c2c(c1C(=O)NCc1cccnc1OCC(F)(F)F)CCC(C)(C)C2. The minimum atomic E-state index is -4.47. The summed E-state index contributed by atoms with van der Waals surface area (Å²) in [7, 11) is 1.74. The van der Waals surface area contributed by atoms with Crippen molar-refractivity contribution in [2.45, 2.75) is 45.8 Å². The van der Waals surface area contributed by atoms with Gasteiger partial charge in [-0.3, -0.25) is 4.79 Å². The van der Waals surface area contributed by atoms with Crippen molar-refractivity contribution in [1.29, 1.82) is 0 Å². The van der Waals surface area contributed by atoms with E-state index >= 15 is 0 Å². The number of fused-ring (bicyclic) bond motifs is 1. The van der Waals surface area contributed by atoms with E-state index in [2.05, 4.69) is 24.1 Å². The number of hydrogen-bond acceptors (Lipinski definition) is 3. The maximum absolute atomic E-state index is 12.9. The predicted molar refractivity (Wildman–Crippen MR) is 103 cm³/mol. The van der Waals surface area contributed by atoms with Gasteiger partial charge in [-0.25, -0.2) is 4.98 Å². The molecule has 29 heavy (non-hydrogen) atoms. The smallest absolute Gasteiger partial charge is 0.422 e. The normalized spacial score (nSPS) is 15.7. The number of aromatic nitrogens is 2. The highest BCUT2D eigenvalue weighted by atomic mass is 35.5. The Balaban J connectivity index is 1.76. The van der Waals surface area contributed by atoms with Gasteiger partial charge in [0.2, 0.25) is 5.88 Å². The van der Waals surface area contributed by atoms with E-state index in [1.165, 1.54) is 6.20 Å². The van der Waals surface area contributed by atoms with Crippen LogP contribution in [0.3, 0.4) is 0 Å². The van der Waals surface area contributed by atoms with Crippen LogP contribution in [0.1, 0.15) is 47.4 Å². The first-order chi connectivity index (χ1) is 13.5. The monoisotopic (exact) mass is 429 g/mol. The van der Waals surface area contributed by atoms with Crippen molar-refractivity contribution >= 4 is 17.5 Å². The second-order valence-electron chi connectivity index (χ2n) is 8.05. The number of pyridine rings is 1. The predicted octanol–water partition coefficient (Wildman–Crippen LogP) is 4.46. The van der Waals surface area contributed by atoms with Crippen molar-refractivity contribution in [3.05, 3.63) is 45.9 Å². The third-order valence-electron chi connectivity index (χ3n) is 5.11. The molecular weight excluding hydrogens is 407 g/mol. The van der Waals surface area contributed by atoms with Gasteiger partial charge in [0.1, 0.15) is 10.8 Å². The topological polar surface area (TPSA) is 56.2 Å². The van der Waals surface area contributed by atoms with Crippen molar-refractivity contribution in [1.82, 2.24) is 14.9 Å². The largest absolute Gasteiger partial charge is 0.468 e. The molecule has 0 spiro atoms. The Bertz CT molecular complexity index is 922. The number of nitrogens with one attached hydrogen (secondary N) is 1. The van der Waals surface area contributed by atoms with Crippen LogP contribution in [0, 0.1) is 5.41 Å². The number of amides is 1. The molecule has 1 aliphatic rings. The van der Waals surface area contributed by atoms with E-state index in [1.54, 1.807) is 23.7 Å². The van der Waals surface area contributed by atoms with Gasteiger partial charge in [-0.05, 0) is 41.9 Å². The van der Waals surface area contributed by atoms with Gasteiger partial charge in [-0.1, -0.05) is 31.5 Å². The highest BCUT2D eigenvalue weighted by Crippen LogP contribution is 2.40. The molecule has 2 aromatic heterocycles. The molecule has 1 amide bonds. The molecule has 3 rings (SSSR count). The number of hydrogen-bond donors (Lipinski definition) is 1. The zero-order chi connectivity index (χ0) is 21.4. The molecule has 0 fully saturated rings. The molecule has 1 N–H and O–H groups in total. The molecule has 0 saturated heterocycles. The van der Waals surface area contributed by atoms with E-state index in [1.807, 2.05) is 0 Å². The van der Waals surface area contributed by atoms with E-state index < -0.39 is 12.8 Å². The quantitative estimate of drug-likeness (QED) is 0.763.